The first kappa shape index (κ1) is 25.0. The number of benzene rings is 3. The zero-order valence-corrected chi connectivity index (χ0v) is 22.2. The van der Waals surface area contributed by atoms with Crippen LogP contribution in [0.25, 0.3) is 21.2 Å². The summed E-state index contributed by atoms with van der Waals surface area (Å²) in [5.41, 5.74) is 8.73. The maximum absolute atomic E-state index is 13.6. The molecule has 0 radical (unpaired) electrons. The van der Waals surface area contributed by atoms with Crippen LogP contribution in [0.3, 0.4) is 0 Å². The van der Waals surface area contributed by atoms with Crippen LogP contribution in [0.1, 0.15) is 24.7 Å². The Morgan fingerprint density at radius 1 is 1.08 bits per heavy atom. The van der Waals surface area contributed by atoms with Crippen molar-refractivity contribution in [3.05, 3.63) is 84.9 Å². The number of primary sulfonamides is 1. The number of hydrogen-bond acceptors (Lipinski definition) is 8. The third kappa shape index (κ3) is 4.73. The molecular weight excluding hydrogens is 534 g/mol. The Hall–Kier alpha value is -4.26. The zero-order valence-electron chi connectivity index (χ0n) is 20.6. The predicted molar refractivity (Wildman–Crippen MR) is 153 cm³/mol. The predicted octanol–water partition coefficient (Wildman–Crippen LogP) is 4.26. The van der Waals surface area contributed by atoms with Gasteiger partial charge in [0.1, 0.15) is 17.7 Å². The number of imidazole rings is 1. The standard InChI is InChI=1S/C27H25N7O3S2/c28-25-20-15-18(9-12-23(20)38-33-25)34-21(26-30-13-14-31-26)10-11-22(34)27(35)32-17-7-5-16(6-8-17)19-3-1-2-4-24(19)39(29,36)37/h1-9,12-15,21-22H,10-11H2,(H2,28,33)(H,30,31)(H,32,35)(H2,29,36,37). The van der Waals surface area contributed by atoms with E-state index in [2.05, 4.69) is 24.6 Å². The molecule has 2 atom stereocenters. The van der Waals surface area contributed by atoms with Crippen molar-refractivity contribution >= 4 is 54.7 Å². The molecule has 10 nitrogen and oxygen atoms in total. The fourth-order valence-corrected chi connectivity index (χ4v) is 6.62. The number of nitrogens with two attached hydrogens (primary N) is 2. The molecule has 198 valence electrons. The first-order valence-electron chi connectivity index (χ1n) is 12.3. The Bertz CT molecular complexity index is 1770. The minimum absolute atomic E-state index is 0.0470. The van der Waals surface area contributed by atoms with Gasteiger partial charge in [0.05, 0.1) is 15.6 Å². The number of hydrogen-bond donors (Lipinski definition) is 4. The molecule has 0 bridgehead atoms. The number of nitrogens with one attached hydrogen (secondary N) is 2. The molecular formula is C27H25N7O3S2. The SMILES string of the molecule is Nc1nsc2ccc(N3C(C(=O)Nc4ccc(-c5ccccc5S(N)(=O)=O)cc4)CCC3c3ncc[nH]3)cc12. The lowest BCUT2D eigenvalue weighted by atomic mass is 10.1. The number of amides is 1. The highest BCUT2D eigenvalue weighted by Gasteiger charge is 2.40. The number of carbonyl (C=O) groups excluding carboxylic acids is 1. The van der Waals surface area contributed by atoms with Gasteiger partial charge in [0, 0.05) is 34.7 Å². The van der Waals surface area contributed by atoms with E-state index in [-0.39, 0.29) is 16.8 Å². The maximum Gasteiger partial charge on any atom is 0.247 e. The van der Waals surface area contributed by atoms with E-state index in [1.165, 1.54) is 17.6 Å². The van der Waals surface area contributed by atoms with Crippen molar-refractivity contribution in [2.45, 2.75) is 29.8 Å². The monoisotopic (exact) mass is 559 g/mol. The molecule has 3 aromatic carbocycles. The molecule has 3 heterocycles. The largest absolute Gasteiger partial charge is 0.382 e. The number of nitrogen functional groups attached to an aromatic ring is 1. The molecule has 12 heteroatoms. The maximum atomic E-state index is 13.6. The second-order valence-electron chi connectivity index (χ2n) is 9.35. The van der Waals surface area contributed by atoms with Crippen molar-refractivity contribution in [2.75, 3.05) is 16.0 Å². The van der Waals surface area contributed by atoms with Gasteiger partial charge in [0.25, 0.3) is 0 Å². The van der Waals surface area contributed by atoms with Crippen LogP contribution in [-0.2, 0) is 14.8 Å². The molecule has 1 amide bonds. The Morgan fingerprint density at radius 2 is 1.87 bits per heavy atom. The molecule has 1 saturated heterocycles. The van der Waals surface area contributed by atoms with Gasteiger partial charge in [-0.15, -0.1) is 0 Å². The summed E-state index contributed by atoms with van der Waals surface area (Å²) >= 11 is 1.34. The van der Waals surface area contributed by atoms with Crippen LogP contribution in [-0.4, -0.2) is 34.7 Å². The lowest BCUT2D eigenvalue weighted by Crippen LogP contribution is -2.41. The molecule has 1 aliphatic rings. The summed E-state index contributed by atoms with van der Waals surface area (Å²) < 4.78 is 29.3. The Kier molecular flexibility index (Phi) is 6.29. The van der Waals surface area contributed by atoms with Gasteiger partial charge in [-0.05, 0) is 66.3 Å². The normalized spacial score (nSPS) is 17.5. The van der Waals surface area contributed by atoms with Crippen molar-refractivity contribution in [3.8, 4) is 11.1 Å². The van der Waals surface area contributed by atoms with Gasteiger partial charge in [0.2, 0.25) is 15.9 Å². The number of H-pyrrole nitrogens is 1. The number of rotatable bonds is 6. The lowest BCUT2D eigenvalue weighted by molar-refractivity contribution is -0.117. The number of nitrogens with zero attached hydrogens (tertiary/aromatic N) is 3. The summed E-state index contributed by atoms with van der Waals surface area (Å²) in [6, 6.07) is 19.0. The topological polar surface area (TPSA) is 160 Å². The van der Waals surface area contributed by atoms with Gasteiger partial charge in [-0.25, -0.2) is 18.5 Å². The Morgan fingerprint density at radius 3 is 2.62 bits per heavy atom. The van der Waals surface area contributed by atoms with E-state index < -0.39 is 16.1 Å². The number of fused-ring (bicyclic) bond motifs is 1. The van der Waals surface area contributed by atoms with Crippen LogP contribution in [0.15, 0.2) is 84.0 Å². The molecule has 0 spiro atoms. The van der Waals surface area contributed by atoms with Crippen LogP contribution >= 0.6 is 11.5 Å². The smallest absolute Gasteiger partial charge is 0.247 e. The third-order valence-corrected chi connectivity index (χ3v) is 8.77. The van der Waals surface area contributed by atoms with Crippen molar-refractivity contribution in [1.29, 1.82) is 0 Å². The van der Waals surface area contributed by atoms with Gasteiger partial charge in [-0.3, -0.25) is 4.79 Å². The van der Waals surface area contributed by atoms with Crippen molar-refractivity contribution in [3.63, 3.8) is 0 Å². The van der Waals surface area contributed by atoms with Crippen molar-refractivity contribution in [1.82, 2.24) is 14.3 Å². The van der Waals surface area contributed by atoms with Gasteiger partial charge in [-0.1, -0.05) is 30.3 Å². The number of anilines is 3. The summed E-state index contributed by atoms with van der Waals surface area (Å²) in [6.45, 7) is 0. The fourth-order valence-electron chi connectivity index (χ4n) is 5.17. The molecule has 2 aromatic heterocycles. The van der Waals surface area contributed by atoms with E-state index in [0.29, 0.717) is 29.1 Å². The molecule has 6 rings (SSSR count). The minimum atomic E-state index is -3.89. The van der Waals surface area contributed by atoms with Crippen LogP contribution in [0.4, 0.5) is 17.2 Å². The van der Waals surface area contributed by atoms with E-state index in [1.807, 2.05) is 18.2 Å². The zero-order chi connectivity index (χ0) is 27.1. The quantitative estimate of drug-likeness (QED) is 0.242. The van der Waals surface area contributed by atoms with Crippen molar-refractivity contribution in [2.24, 2.45) is 5.14 Å². The highest BCUT2D eigenvalue weighted by atomic mass is 32.2. The fraction of sp³-hybridized carbons (Fsp3) is 0.148. The summed E-state index contributed by atoms with van der Waals surface area (Å²) in [5.74, 6) is 1.11. The van der Waals surface area contributed by atoms with Crippen LogP contribution in [0.5, 0.6) is 0 Å². The number of aromatic amines is 1. The average molecular weight is 560 g/mol. The van der Waals surface area contributed by atoms with Crippen molar-refractivity contribution < 1.29 is 13.2 Å². The Balaban J connectivity index is 1.28. The first-order valence-corrected chi connectivity index (χ1v) is 14.6. The molecule has 1 fully saturated rings. The van der Waals surface area contributed by atoms with Crippen LogP contribution in [0, 0.1) is 0 Å². The number of sulfonamides is 1. The van der Waals surface area contributed by atoms with Gasteiger partial charge in [0.15, 0.2) is 0 Å². The summed E-state index contributed by atoms with van der Waals surface area (Å²) in [4.78, 5) is 23.4. The highest BCUT2D eigenvalue weighted by molar-refractivity contribution is 7.89. The van der Waals surface area contributed by atoms with E-state index in [9.17, 15) is 13.2 Å². The Labute approximate surface area is 228 Å². The lowest BCUT2D eigenvalue weighted by Gasteiger charge is -2.31. The van der Waals surface area contributed by atoms with E-state index in [1.54, 1.807) is 54.9 Å². The van der Waals surface area contributed by atoms with Gasteiger partial charge >= 0.3 is 0 Å². The van der Waals surface area contributed by atoms with Crippen LogP contribution < -0.4 is 21.1 Å². The molecule has 5 aromatic rings. The summed E-state index contributed by atoms with van der Waals surface area (Å²) in [7, 11) is -3.89. The second-order valence-corrected chi connectivity index (χ2v) is 11.7. The number of aromatic nitrogens is 3. The number of carbonyl (C=O) groups is 1. The minimum Gasteiger partial charge on any atom is -0.382 e. The van der Waals surface area contributed by atoms with E-state index in [4.69, 9.17) is 10.9 Å². The van der Waals surface area contributed by atoms with Gasteiger partial charge in [-0.2, -0.15) is 4.37 Å². The summed E-state index contributed by atoms with van der Waals surface area (Å²) in [6.07, 6.45) is 4.86. The van der Waals surface area contributed by atoms with Crippen LogP contribution in [0.2, 0.25) is 0 Å². The third-order valence-electron chi connectivity index (χ3n) is 6.96. The molecule has 6 N–H and O–H groups in total. The average Bonchev–Trinajstić information content (AvgIpc) is 3.69. The first-order chi connectivity index (χ1) is 18.8. The molecule has 39 heavy (non-hydrogen) atoms. The van der Waals surface area contributed by atoms with Gasteiger partial charge < -0.3 is 20.9 Å². The van der Waals surface area contributed by atoms with E-state index in [0.717, 1.165) is 28.0 Å². The molecule has 1 aliphatic heterocycles. The second kappa shape index (κ2) is 9.80. The molecule has 0 aliphatic carbocycles. The molecule has 2 unspecified atom stereocenters. The summed E-state index contributed by atoms with van der Waals surface area (Å²) in [5, 5.41) is 9.28. The molecule has 0 saturated carbocycles. The van der Waals surface area contributed by atoms with E-state index >= 15 is 0 Å². The highest BCUT2D eigenvalue weighted by Crippen LogP contribution is 2.41.